The van der Waals surface area contributed by atoms with Crippen LogP contribution in [0.25, 0.3) is 16.6 Å². The second kappa shape index (κ2) is 8.73. The summed E-state index contributed by atoms with van der Waals surface area (Å²) in [5.41, 5.74) is 4.78. The van der Waals surface area contributed by atoms with Gasteiger partial charge in [-0.05, 0) is 48.6 Å². The third-order valence-electron chi connectivity index (χ3n) is 6.11. The van der Waals surface area contributed by atoms with Gasteiger partial charge in [-0.25, -0.2) is 0 Å². The third-order valence-corrected chi connectivity index (χ3v) is 6.11. The SMILES string of the molecule is O=C1CN(C(CCc2c[nH]c3ccc(-n4cnnc4)cc23)Cc2ccccc2)CCN1. The molecule has 2 N–H and O–H groups in total. The molecule has 1 aliphatic rings. The molecule has 1 aliphatic heterocycles. The predicted molar refractivity (Wildman–Crippen MR) is 120 cm³/mol. The van der Waals surface area contributed by atoms with Crippen molar-refractivity contribution < 1.29 is 4.79 Å². The molecule has 0 bridgehead atoms. The maximum atomic E-state index is 12.0. The topological polar surface area (TPSA) is 78.8 Å². The van der Waals surface area contributed by atoms with Crippen LogP contribution in [0.15, 0.2) is 67.4 Å². The lowest BCUT2D eigenvalue weighted by Gasteiger charge is -2.34. The van der Waals surface area contributed by atoms with Gasteiger partial charge < -0.3 is 10.3 Å². The highest BCUT2D eigenvalue weighted by molar-refractivity contribution is 5.85. The minimum absolute atomic E-state index is 0.120. The van der Waals surface area contributed by atoms with Crippen LogP contribution in [0.1, 0.15) is 17.5 Å². The molecular formula is C24H26N6O. The average molecular weight is 415 g/mol. The lowest BCUT2D eigenvalue weighted by Crippen LogP contribution is -2.52. The number of piperazine rings is 1. The Bertz CT molecular complexity index is 1150. The second-order valence-electron chi connectivity index (χ2n) is 8.12. The summed E-state index contributed by atoms with van der Waals surface area (Å²) >= 11 is 0. The van der Waals surface area contributed by atoms with Crippen LogP contribution in [-0.4, -0.2) is 56.2 Å². The van der Waals surface area contributed by atoms with E-state index >= 15 is 0 Å². The Morgan fingerprint density at radius 2 is 1.90 bits per heavy atom. The first kappa shape index (κ1) is 19.5. The number of aromatic nitrogens is 4. The van der Waals surface area contributed by atoms with E-state index in [4.69, 9.17) is 0 Å². The summed E-state index contributed by atoms with van der Waals surface area (Å²) in [7, 11) is 0. The van der Waals surface area contributed by atoms with Crippen molar-refractivity contribution in [2.24, 2.45) is 0 Å². The Morgan fingerprint density at radius 1 is 1.06 bits per heavy atom. The molecule has 1 fully saturated rings. The lowest BCUT2D eigenvalue weighted by atomic mass is 9.97. The summed E-state index contributed by atoms with van der Waals surface area (Å²) in [5.74, 6) is 0.120. The van der Waals surface area contributed by atoms with E-state index < -0.39 is 0 Å². The molecule has 1 atom stereocenters. The fourth-order valence-corrected chi connectivity index (χ4v) is 4.46. The normalized spacial score (nSPS) is 15.8. The summed E-state index contributed by atoms with van der Waals surface area (Å²) in [5, 5.41) is 12.0. The quantitative estimate of drug-likeness (QED) is 0.487. The number of hydrogen-bond acceptors (Lipinski definition) is 4. The van der Waals surface area contributed by atoms with Crippen LogP contribution in [0, 0.1) is 0 Å². The largest absolute Gasteiger partial charge is 0.361 e. The maximum absolute atomic E-state index is 12.0. The smallest absolute Gasteiger partial charge is 0.234 e. The average Bonchev–Trinajstić information content (AvgIpc) is 3.47. The van der Waals surface area contributed by atoms with Crippen molar-refractivity contribution in [1.82, 2.24) is 30.0 Å². The van der Waals surface area contributed by atoms with Gasteiger partial charge >= 0.3 is 0 Å². The highest BCUT2D eigenvalue weighted by atomic mass is 16.2. The fourth-order valence-electron chi connectivity index (χ4n) is 4.46. The molecule has 0 saturated carbocycles. The van der Waals surface area contributed by atoms with Gasteiger partial charge in [0, 0.05) is 41.9 Å². The van der Waals surface area contributed by atoms with Crippen LogP contribution < -0.4 is 5.32 Å². The van der Waals surface area contributed by atoms with Crippen molar-refractivity contribution in [3.05, 3.63) is 78.5 Å². The molecule has 7 nitrogen and oxygen atoms in total. The molecule has 31 heavy (non-hydrogen) atoms. The van der Waals surface area contributed by atoms with Crippen LogP contribution in [0.4, 0.5) is 0 Å². The number of amides is 1. The molecule has 4 aromatic rings. The number of hydrogen-bond donors (Lipinski definition) is 2. The van der Waals surface area contributed by atoms with Gasteiger partial charge in [0.1, 0.15) is 12.7 Å². The zero-order valence-electron chi connectivity index (χ0n) is 17.4. The molecule has 2 aromatic heterocycles. The zero-order chi connectivity index (χ0) is 21.0. The monoisotopic (exact) mass is 414 g/mol. The van der Waals surface area contributed by atoms with E-state index in [1.807, 2.05) is 10.6 Å². The summed E-state index contributed by atoms with van der Waals surface area (Å²) < 4.78 is 1.92. The van der Waals surface area contributed by atoms with E-state index in [-0.39, 0.29) is 5.91 Å². The maximum Gasteiger partial charge on any atom is 0.234 e. The Hall–Kier alpha value is -3.45. The lowest BCUT2D eigenvalue weighted by molar-refractivity contribution is -0.124. The Balaban J connectivity index is 1.37. The van der Waals surface area contributed by atoms with Crippen molar-refractivity contribution in [3.63, 3.8) is 0 Å². The van der Waals surface area contributed by atoms with Gasteiger partial charge in [0.25, 0.3) is 0 Å². The number of H-pyrrole nitrogens is 1. The number of aryl methyl sites for hydroxylation is 1. The first-order chi connectivity index (χ1) is 15.3. The number of rotatable bonds is 7. The molecule has 0 spiro atoms. The molecule has 1 saturated heterocycles. The van der Waals surface area contributed by atoms with Crippen LogP contribution in [-0.2, 0) is 17.6 Å². The number of carbonyl (C=O) groups excluding carboxylic acids is 1. The summed E-state index contributed by atoms with van der Waals surface area (Å²) in [6.07, 6.45) is 8.42. The molecule has 158 valence electrons. The number of benzene rings is 2. The first-order valence-electron chi connectivity index (χ1n) is 10.8. The first-order valence-corrected chi connectivity index (χ1v) is 10.8. The number of nitrogens with one attached hydrogen (secondary N) is 2. The highest BCUT2D eigenvalue weighted by Crippen LogP contribution is 2.24. The third kappa shape index (κ3) is 4.36. The van der Waals surface area contributed by atoms with E-state index in [1.54, 1.807) is 12.7 Å². The number of aromatic amines is 1. The number of fused-ring (bicyclic) bond motifs is 1. The Labute approximate surface area is 181 Å². The molecule has 1 unspecified atom stereocenters. The molecular weight excluding hydrogens is 388 g/mol. The van der Waals surface area contributed by atoms with Crippen molar-refractivity contribution in [1.29, 1.82) is 0 Å². The standard InChI is InChI=1S/C24H26N6O/c31-24-15-29(11-10-25-24)20(12-18-4-2-1-3-5-18)7-6-19-14-26-23-9-8-21(13-22(19)23)30-16-27-28-17-30/h1-5,8-9,13-14,16-17,20,26H,6-7,10-12,15H2,(H,25,31). The molecule has 5 rings (SSSR count). The summed E-state index contributed by atoms with van der Waals surface area (Å²) in [6.45, 7) is 2.09. The Kier molecular flexibility index (Phi) is 5.50. The van der Waals surface area contributed by atoms with Crippen molar-refractivity contribution in [2.45, 2.75) is 25.3 Å². The van der Waals surface area contributed by atoms with Gasteiger partial charge in [0.05, 0.1) is 6.54 Å². The van der Waals surface area contributed by atoms with E-state index in [0.717, 1.165) is 43.6 Å². The molecule has 1 amide bonds. The summed E-state index contributed by atoms with van der Waals surface area (Å²) in [6, 6.07) is 17.2. The van der Waals surface area contributed by atoms with E-state index in [9.17, 15) is 4.79 Å². The van der Waals surface area contributed by atoms with Crippen LogP contribution in [0.3, 0.4) is 0 Å². The number of carbonyl (C=O) groups is 1. The zero-order valence-corrected chi connectivity index (χ0v) is 17.4. The van der Waals surface area contributed by atoms with E-state index in [2.05, 4.69) is 74.1 Å². The minimum atomic E-state index is 0.120. The van der Waals surface area contributed by atoms with Gasteiger partial charge in [-0.15, -0.1) is 10.2 Å². The van der Waals surface area contributed by atoms with Crippen LogP contribution in [0.5, 0.6) is 0 Å². The van der Waals surface area contributed by atoms with Gasteiger partial charge in [0.2, 0.25) is 5.91 Å². The highest BCUT2D eigenvalue weighted by Gasteiger charge is 2.24. The van der Waals surface area contributed by atoms with Gasteiger partial charge in [-0.1, -0.05) is 30.3 Å². The summed E-state index contributed by atoms with van der Waals surface area (Å²) in [4.78, 5) is 17.8. The molecule has 0 radical (unpaired) electrons. The predicted octanol–water partition coefficient (Wildman–Crippen LogP) is 2.72. The second-order valence-corrected chi connectivity index (χ2v) is 8.12. The van der Waals surface area contributed by atoms with E-state index in [1.165, 1.54) is 16.5 Å². The van der Waals surface area contributed by atoms with Gasteiger partial charge in [0.15, 0.2) is 0 Å². The fraction of sp³-hybridized carbons (Fsp3) is 0.292. The van der Waals surface area contributed by atoms with Gasteiger partial charge in [-0.3, -0.25) is 14.3 Å². The van der Waals surface area contributed by atoms with Crippen LogP contribution in [0.2, 0.25) is 0 Å². The molecule has 2 aromatic carbocycles. The van der Waals surface area contributed by atoms with Crippen molar-refractivity contribution >= 4 is 16.8 Å². The van der Waals surface area contributed by atoms with Crippen molar-refractivity contribution in [3.8, 4) is 5.69 Å². The van der Waals surface area contributed by atoms with E-state index in [0.29, 0.717) is 12.6 Å². The van der Waals surface area contributed by atoms with Gasteiger partial charge in [-0.2, -0.15) is 0 Å². The molecule has 7 heteroatoms. The Morgan fingerprint density at radius 3 is 2.71 bits per heavy atom. The van der Waals surface area contributed by atoms with Crippen molar-refractivity contribution in [2.75, 3.05) is 19.6 Å². The molecule has 3 heterocycles. The molecule has 0 aliphatic carbocycles. The number of nitrogens with zero attached hydrogens (tertiary/aromatic N) is 4. The minimum Gasteiger partial charge on any atom is -0.361 e. The van der Waals surface area contributed by atoms with Crippen LogP contribution >= 0.6 is 0 Å².